The van der Waals surface area contributed by atoms with Crippen molar-refractivity contribution >= 4 is 23.2 Å². The SMILES string of the molecule is CNC(=O)CCNc1ccc(Cl)c(C(F)(F)F)c1. The Labute approximate surface area is 107 Å². The number of carbonyl (C=O) groups is 1. The summed E-state index contributed by atoms with van der Waals surface area (Å²) in [4.78, 5) is 10.9. The van der Waals surface area contributed by atoms with Crippen LogP contribution in [0.25, 0.3) is 0 Å². The Balaban J connectivity index is 2.71. The molecule has 1 aromatic carbocycles. The van der Waals surface area contributed by atoms with Crippen molar-refractivity contribution in [2.75, 3.05) is 18.9 Å². The molecule has 0 heterocycles. The fourth-order valence-electron chi connectivity index (χ4n) is 1.30. The molecule has 0 saturated heterocycles. The molecule has 0 atom stereocenters. The minimum Gasteiger partial charge on any atom is -0.385 e. The van der Waals surface area contributed by atoms with Crippen molar-refractivity contribution in [2.24, 2.45) is 0 Å². The molecule has 0 saturated carbocycles. The molecule has 1 amide bonds. The molecule has 2 N–H and O–H groups in total. The van der Waals surface area contributed by atoms with Crippen molar-refractivity contribution in [3.05, 3.63) is 28.8 Å². The largest absolute Gasteiger partial charge is 0.417 e. The minimum absolute atomic E-state index is 0.181. The quantitative estimate of drug-likeness (QED) is 0.890. The first-order valence-electron chi connectivity index (χ1n) is 5.16. The van der Waals surface area contributed by atoms with Gasteiger partial charge >= 0.3 is 6.18 Å². The Bertz CT molecular complexity index is 435. The van der Waals surface area contributed by atoms with Crippen LogP contribution < -0.4 is 10.6 Å². The van der Waals surface area contributed by atoms with Crippen LogP contribution in [0.15, 0.2) is 18.2 Å². The van der Waals surface area contributed by atoms with Gasteiger partial charge in [0.15, 0.2) is 0 Å². The smallest absolute Gasteiger partial charge is 0.385 e. The van der Waals surface area contributed by atoms with E-state index in [4.69, 9.17) is 11.6 Å². The lowest BCUT2D eigenvalue weighted by atomic mass is 10.2. The summed E-state index contributed by atoms with van der Waals surface area (Å²) in [5.41, 5.74) is -0.621. The zero-order valence-corrected chi connectivity index (χ0v) is 10.3. The molecule has 0 aliphatic heterocycles. The number of benzene rings is 1. The third-order valence-corrected chi connectivity index (χ3v) is 2.56. The van der Waals surface area contributed by atoms with Crippen LogP contribution >= 0.6 is 11.6 Å². The summed E-state index contributed by atoms with van der Waals surface area (Å²) in [6.45, 7) is 0.249. The van der Waals surface area contributed by atoms with Gasteiger partial charge in [-0.3, -0.25) is 4.79 Å². The molecule has 7 heteroatoms. The van der Waals surface area contributed by atoms with Gasteiger partial charge in [-0.05, 0) is 18.2 Å². The number of rotatable bonds is 4. The number of amides is 1. The topological polar surface area (TPSA) is 41.1 Å². The van der Waals surface area contributed by atoms with Gasteiger partial charge in [-0.2, -0.15) is 13.2 Å². The van der Waals surface area contributed by atoms with Crippen LogP contribution in [0.2, 0.25) is 5.02 Å². The number of anilines is 1. The van der Waals surface area contributed by atoms with E-state index in [2.05, 4.69) is 10.6 Å². The van der Waals surface area contributed by atoms with Crippen LogP contribution in [-0.2, 0) is 11.0 Å². The van der Waals surface area contributed by atoms with Gasteiger partial charge in [0.05, 0.1) is 10.6 Å². The first kappa shape index (κ1) is 14.6. The fourth-order valence-corrected chi connectivity index (χ4v) is 1.52. The molecule has 18 heavy (non-hydrogen) atoms. The van der Waals surface area contributed by atoms with Gasteiger partial charge in [0.2, 0.25) is 5.91 Å². The lowest BCUT2D eigenvalue weighted by Crippen LogP contribution is -2.20. The number of carbonyl (C=O) groups excluding carboxylic acids is 1. The van der Waals surface area contributed by atoms with E-state index in [0.29, 0.717) is 0 Å². The Kier molecular flexibility index (Phi) is 4.84. The third kappa shape index (κ3) is 4.10. The predicted octanol–water partition coefficient (Wildman–Crippen LogP) is 2.91. The molecule has 0 bridgehead atoms. The molecule has 0 unspecified atom stereocenters. The van der Waals surface area contributed by atoms with Crippen molar-refractivity contribution in [1.29, 1.82) is 0 Å². The molecule has 0 spiro atoms. The number of nitrogens with one attached hydrogen (secondary N) is 2. The van der Waals surface area contributed by atoms with E-state index in [1.165, 1.54) is 19.2 Å². The van der Waals surface area contributed by atoms with Crippen molar-refractivity contribution in [2.45, 2.75) is 12.6 Å². The summed E-state index contributed by atoms with van der Waals surface area (Å²) in [5.74, 6) is -0.187. The van der Waals surface area contributed by atoms with Gasteiger partial charge < -0.3 is 10.6 Å². The molecule has 0 aliphatic rings. The van der Waals surface area contributed by atoms with E-state index in [0.717, 1.165) is 6.07 Å². The van der Waals surface area contributed by atoms with E-state index in [9.17, 15) is 18.0 Å². The summed E-state index contributed by atoms with van der Waals surface area (Å²) < 4.78 is 37.7. The zero-order chi connectivity index (χ0) is 13.8. The Hall–Kier alpha value is -1.43. The van der Waals surface area contributed by atoms with E-state index in [1.807, 2.05) is 0 Å². The summed E-state index contributed by atoms with van der Waals surface area (Å²) in [6, 6.07) is 3.53. The average molecular weight is 281 g/mol. The van der Waals surface area contributed by atoms with Crippen LogP contribution in [0.3, 0.4) is 0 Å². The van der Waals surface area contributed by atoms with Crippen molar-refractivity contribution < 1.29 is 18.0 Å². The Morgan fingerprint density at radius 1 is 1.39 bits per heavy atom. The number of hydrogen-bond donors (Lipinski definition) is 2. The van der Waals surface area contributed by atoms with E-state index in [-0.39, 0.29) is 29.6 Å². The molecule has 0 aliphatic carbocycles. The van der Waals surface area contributed by atoms with Gasteiger partial charge in [0, 0.05) is 25.7 Å². The number of alkyl halides is 3. The molecule has 100 valence electrons. The standard InChI is InChI=1S/C11H12ClF3N2O/c1-16-10(18)4-5-17-7-2-3-9(12)8(6-7)11(13,14)15/h2-3,6,17H,4-5H2,1H3,(H,16,18). The zero-order valence-electron chi connectivity index (χ0n) is 9.57. The van der Waals surface area contributed by atoms with Gasteiger partial charge in [0.25, 0.3) is 0 Å². The Morgan fingerprint density at radius 2 is 2.06 bits per heavy atom. The highest BCUT2D eigenvalue weighted by Crippen LogP contribution is 2.36. The van der Waals surface area contributed by atoms with Crippen LogP contribution in [0.5, 0.6) is 0 Å². The highest BCUT2D eigenvalue weighted by atomic mass is 35.5. The highest BCUT2D eigenvalue weighted by molar-refractivity contribution is 6.31. The number of hydrogen-bond acceptors (Lipinski definition) is 2. The van der Waals surface area contributed by atoms with Crippen LogP contribution in [0.4, 0.5) is 18.9 Å². The molecule has 0 radical (unpaired) electrons. The Morgan fingerprint density at radius 3 is 2.61 bits per heavy atom. The van der Waals surface area contributed by atoms with Gasteiger partial charge in [-0.1, -0.05) is 11.6 Å². The average Bonchev–Trinajstić information content (AvgIpc) is 2.29. The first-order valence-corrected chi connectivity index (χ1v) is 5.53. The summed E-state index contributed by atoms with van der Waals surface area (Å²) >= 11 is 5.48. The maximum atomic E-state index is 12.6. The molecular weight excluding hydrogens is 269 g/mol. The maximum absolute atomic E-state index is 12.6. The second kappa shape index (κ2) is 5.95. The predicted molar refractivity (Wildman–Crippen MR) is 63.6 cm³/mol. The normalized spacial score (nSPS) is 11.2. The second-order valence-corrected chi connectivity index (χ2v) is 3.95. The summed E-state index contributed by atoms with van der Waals surface area (Å²) in [7, 11) is 1.49. The van der Waals surface area contributed by atoms with E-state index < -0.39 is 11.7 Å². The monoisotopic (exact) mass is 280 g/mol. The van der Waals surface area contributed by atoms with Crippen LogP contribution in [-0.4, -0.2) is 19.5 Å². The summed E-state index contributed by atoms with van der Waals surface area (Å²) in [6.07, 6.45) is -4.31. The molecule has 0 fully saturated rings. The van der Waals surface area contributed by atoms with Crippen LogP contribution in [0, 0.1) is 0 Å². The molecule has 1 aromatic rings. The van der Waals surface area contributed by atoms with Crippen molar-refractivity contribution in [1.82, 2.24) is 5.32 Å². The molecular formula is C11H12ClF3N2O. The van der Waals surface area contributed by atoms with Gasteiger partial charge in [0.1, 0.15) is 0 Å². The fraction of sp³-hybridized carbons (Fsp3) is 0.364. The lowest BCUT2D eigenvalue weighted by Gasteiger charge is -2.12. The molecule has 0 aromatic heterocycles. The molecule has 3 nitrogen and oxygen atoms in total. The third-order valence-electron chi connectivity index (χ3n) is 2.23. The minimum atomic E-state index is -4.49. The van der Waals surface area contributed by atoms with Crippen molar-refractivity contribution in [3.63, 3.8) is 0 Å². The van der Waals surface area contributed by atoms with Crippen LogP contribution in [0.1, 0.15) is 12.0 Å². The lowest BCUT2D eigenvalue weighted by molar-refractivity contribution is -0.137. The highest BCUT2D eigenvalue weighted by Gasteiger charge is 2.33. The maximum Gasteiger partial charge on any atom is 0.417 e. The number of halogens is 4. The summed E-state index contributed by atoms with van der Waals surface area (Å²) in [5, 5.41) is 4.80. The molecule has 1 rings (SSSR count). The van der Waals surface area contributed by atoms with E-state index >= 15 is 0 Å². The van der Waals surface area contributed by atoms with Gasteiger partial charge in [-0.15, -0.1) is 0 Å². The second-order valence-electron chi connectivity index (χ2n) is 3.54. The van der Waals surface area contributed by atoms with Gasteiger partial charge in [-0.25, -0.2) is 0 Å². The van der Waals surface area contributed by atoms with Crippen molar-refractivity contribution in [3.8, 4) is 0 Å². The first-order chi connectivity index (χ1) is 8.34. The van der Waals surface area contributed by atoms with E-state index in [1.54, 1.807) is 0 Å².